The lowest BCUT2D eigenvalue weighted by Gasteiger charge is -2.27. The molecule has 4 N–H and O–H groups in total. The topological polar surface area (TPSA) is 92.4 Å². The van der Waals surface area contributed by atoms with Crippen LogP contribution in [-0.2, 0) is 9.59 Å². The Labute approximate surface area is 108 Å². The zero-order valence-electron chi connectivity index (χ0n) is 11.2. The normalized spacial score (nSPS) is 17.3. The highest BCUT2D eigenvalue weighted by Crippen LogP contribution is 2.32. The summed E-state index contributed by atoms with van der Waals surface area (Å²) in [5.74, 6) is -0.501. The molecule has 0 heterocycles. The van der Waals surface area contributed by atoms with Crippen LogP contribution in [0.3, 0.4) is 0 Å². The number of carboxylic acid groups (broad SMARTS) is 1. The average Bonchev–Trinajstić information content (AvgIpc) is 3.14. The molecule has 5 heteroatoms. The third-order valence-electron chi connectivity index (χ3n) is 4.08. The van der Waals surface area contributed by atoms with E-state index in [0.29, 0.717) is 25.2 Å². The molecule has 0 saturated heterocycles. The van der Waals surface area contributed by atoms with Crippen molar-refractivity contribution in [1.29, 1.82) is 0 Å². The second-order valence-electron chi connectivity index (χ2n) is 5.27. The number of carboxylic acids is 1. The molecule has 104 valence electrons. The third kappa shape index (κ3) is 3.70. The van der Waals surface area contributed by atoms with E-state index < -0.39 is 11.4 Å². The maximum Gasteiger partial charge on any atom is 0.311 e. The largest absolute Gasteiger partial charge is 0.481 e. The summed E-state index contributed by atoms with van der Waals surface area (Å²) in [6, 6.07) is -0.0764. The summed E-state index contributed by atoms with van der Waals surface area (Å²) < 4.78 is 0. The first kappa shape index (κ1) is 15.0. The molecule has 1 amide bonds. The fourth-order valence-electron chi connectivity index (χ4n) is 2.12. The molecule has 18 heavy (non-hydrogen) atoms. The van der Waals surface area contributed by atoms with Crippen molar-refractivity contribution in [3.8, 4) is 0 Å². The van der Waals surface area contributed by atoms with Crippen LogP contribution in [0.1, 0.15) is 46.0 Å². The highest BCUT2D eigenvalue weighted by atomic mass is 16.4. The fourth-order valence-corrected chi connectivity index (χ4v) is 2.12. The van der Waals surface area contributed by atoms with Gasteiger partial charge in [-0.05, 0) is 31.6 Å². The van der Waals surface area contributed by atoms with Crippen LogP contribution in [0.4, 0.5) is 0 Å². The summed E-state index contributed by atoms with van der Waals surface area (Å²) >= 11 is 0. The van der Waals surface area contributed by atoms with E-state index in [1.54, 1.807) is 0 Å². The first-order valence-corrected chi connectivity index (χ1v) is 6.71. The number of rotatable bonds is 8. The SMILES string of the molecule is CCC(CC)(CNC(=O)CC(N)C1CC1)C(=O)O. The van der Waals surface area contributed by atoms with Gasteiger partial charge in [0, 0.05) is 19.0 Å². The molecule has 0 aromatic heterocycles. The third-order valence-corrected chi connectivity index (χ3v) is 4.08. The second-order valence-corrected chi connectivity index (χ2v) is 5.27. The number of amides is 1. The van der Waals surface area contributed by atoms with E-state index in [-0.39, 0.29) is 18.5 Å². The number of aliphatic carboxylic acids is 1. The molecule has 0 aromatic carbocycles. The predicted molar refractivity (Wildman–Crippen MR) is 69.0 cm³/mol. The Morgan fingerprint density at radius 2 is 1.94 bits per heavy atom. The van der Waals surface area contributed by atoms with Crippen molar-refractivity contribution in [2.75, 3.05) is 6.54 Å². The fraction of sp³-hybridized carbons (Fsp3) is 0.846. The molecule has 1 atom stereocenters. The first-order chi connectivity index (χ1) is 8.45. The minimum Gasteiger partial charge on any atom is -0.481 e. The molecule has 1 fully saturated rings. The van der Waals surface area contributed by atoms with Gasteiger partial charge in [0.25, 0.3) is 0 Å². The minimum absolute atomic E-state index is 0.0764. The Kier molecular flexibility index (Phi) is 5.14. The molecule has 0 aliphatic heterocycles. The van der Waals surface area contributed by atoms with Crippen LogP contribution in [0.15, 0.2) is 0 Å². The van der Waals surface area contributed by atoms with Gasteiger partial charge in [-0.15, -0.1) is 0 Å². The molecule has 1 saturated carbocycles. The minimum atomic E-state index is -0.848. The molecule has 0 aromatic rings. The summed E-state index contributed by atoms with van der Waals surface area (Å²) in [7, 11) is 0. The zero-order chi connectivity index (χ0) is 13.8. The van der Waals surface area contributed by atoms with Crippen molar-refractivity contribution in [1.82, 2.24) is 5.32 Å². The molecular weight excluding hydrogens is 232 g/mol. The average molecular weight is 256 g/mol. The molecule has 1 rings (SSSR count). The molecule has 5 nitrogen and oxygen atoms in total. The van der Waals surface area contributed by atoms with Crippen LogP contribution in [0.2, 0.25) is 0 Å². The lowest BCUT2D eigenvalue weighted by Crippen LogP contribution is -2.43. The summed E-state index contributed by atoms with van der Waals surface area (Å²) in [6.07, 6.45) is 3.53. The van der Waals surface area contributed by atoms with Crippen molar-refractivity contribution in [3.05, 3.63) is 0 Å². The molecule has 1 aliphatic carbocycles. The Hall–Kier alpha value is -1.10. The Bertz CT molecular complexity index is 309. The maximum atomic E-state index is 11.7. The van der Waals surface area contributed by atoms with Crippen LogP contribution < -0.4 is 11.1 Å². The van der Waals surface area contributed by atoms with Gasteiger partial charge in [-0.3, -0.25) is 9.59 Å². The Morgan fingerprint density at radius 1 is 1.39 bits per heavy atom. The van der Waals surface area contributed by atoms with Gasteiger partial charge in [-0.1, -0.05) is 13.8 Å². The lowest BCUT2D eigenvalue weighted by molar-refractivity contribution is -0.149. The summed E-state index contributed by atoms with van der Waals surface area (Å²) in [5, 5.41) is 12.0. The van der Waals surface area contributed by atoms with Crippen LogP contribution in [0.25, 0.3) is 0 Å². The van der Waals surface area contributed by atoms with Crippen molar-refractivity contribution in [3.63, 3.8) is 0 Å². The van der Waals surface area contributed by atoms with E-state index in [9.17, 15) is 14.7 Å². The predicted octanol–water partition coefficient (Wildman–Crippen LogP) is 1.12. The summed E-state index contributed by atoms with van der Waals surface area (Å²) in [6.45, 7) is 3.85. The summed E-state index contributed by atoms with van der Waals surface area (Å²) in [5.41, 5.74) is 5.02. The van der Waals surface area contributed by atoms with Gasteiger partial charge >= 0.3 is 5.97 Å². The van der Waals surface area contributed by atoms with E-state index in [2.05, 4.69) is 5.32 Å². The molecule has 1 aliphatic rings. The number of hydrogen-bond acceptors (Lipinski definition) is 3. The number of carbonyl (C=O) groups is 2. The van der Waals surface area contributed by atoms with Crippen LogP contribution >= 0.6 is 0 Å². The van der Waals surface area contributed by atoms with Gasteiger partial charge in [-0.2, -0.15) is 0 Å². The van der Waals surface area contributed by atoms with Gasteiger partial charge in [0.05, 0.1) is 5.41 Å². The Balaban J connectivity index is 2.41. The van der Waals surface area contributed by atoms with E-state index >= 15 is 0 Å². The molecule has 1 unspecified atom stereocenters. The van der Waals surface area contributed by atoms with Crippen LogP contribution in [0.5, 0.6) is 0 Å². The van der Waals surface area contributed by atoms with Crippen LogP contribution in [-0.4, -0.2) is 29.6 Å². The summed E-state index contributed by atoms with van der Waals surface area (Å²) in [4.78, 5) is 23.0. The van der Waals surface area contributed by atoms with Gasteiger partial charge in [0.1, 0.15) is 0 Å². The van der Waals surface area contributed by atoms with Crippen LogP contribution in [0, 0.1) is 11.3 Å². The van der Waals surface area contributed by atoms with Gasteiger partial charge < -0.3 is 16.2 Å². The van der Waals surface area contributed by atoms with Gasteiger partial charge in [-0.25, -0.2) is 0 Å². The van der Waals surface area contributed by atoms with Gasteiger partial charge in [0.2, 0.25) is 5.91 Å². The number of nitrogens with one attached hydrogen (secondary N) is 1. The van der Waals surface area contributed by atoms with Crippen molar-refractivity contribution in [2.45, 2.75) is 52.0 Å². The maximum absolute atomic E-state index is 11.7. The van der Waals surface area contributed by atoms with Crippen molar-refractivity contribution >= 4 is 11.9 Å². The monoisotopic (exact) mass is 256 g/mol. The van der Waals surface area contributed by atoms with E-state index in [1.807, 2.05) is 13.8 Å². The number of hydrogen-bond donors (Lipinski definition) is 3. The van der Waals surface area contributed by atoms with E-state index in [0.717, 1.165) is 12.8 Å². The number of carbonyl (C=O) groups excluding carboxylic acids is 1. The van der Waals surface area contributed by atoms with E-state index in [4.69, 9.17) is 5.73 Å². The smallest absolute Gasteiger partial charge is 0.311 e. The zero-order valence-corrected chi connectivity index (χ0v) is 11.2. The molecule has 0 radical (unpaired) electrons. The lowest BCUT2D eigenvalue weighted by atomic mass is 9.82. The Morgan fingerprint density at radius 3 is 2.33 bits per heavy atom. The second kappa shape index (κ2) is 6.18. The molecule has 0 bridgehead atoms. The van der Waals surface area contributed by atoms with Gasteiger partial charge in [0.15, 0.2) is 0 Å². The number of nitrogens with two attached hydrogens (primary N) is 1. The van der Waals surface area contributed by atoms with E-state index in [1.165, 1.54) is 0 Å². The first-order valence-electron chi connectivity index (χ1n) is 6.71. The van der Waals surface area contributed by atoms with Crippen molar-refractivity contribution < 1.29 is 14.7 Å². The molecular formula is C13H24N2O3. The van der Waals surface area contributed by atoms with Crippen molar-refractivity contribution in [2.24, 2.45) is 17.1 Å². The standard InChI is InChI=1S/C13H24N2O3/c1-3-13(4-2,12(17)18)8-15-11(16)7-10(14)9-5-6-9/h9-10H,3-8,14H2,1-2H3,(H,15,16)(H,17,18). The highest BCUT2D eigenvalue weighted by Gasteiger charge is 2.35. The molecule has 0 spiro atoms. The quantitative estimate of drug-likeness (QED) is 0.607. The highest BCUT2D eigenvalue weighted by molar-refractivity contribution is 5.79.